The lowest BCUT2D eigenvalue weighted by atomic mass is 10.2. The summed E-state index contributed by atoms with van der Waals surface area (Å²) in [7, 11) is 0. The van der Waals surface area contributed by atoms with Crippen LogP contribution in [0.1, 0.15) is 11.3 Å². The second-order valence-corrected chi connectivity index (χ2v) is 4.29. The van der Waals surface area contributed by atoms with Crippen LogP contribution in [0.4, 0.5) is 21.6 Å². The van der Waals surface area contributed by atoms with Crippen molar-refractivity contribution in [3.63, 3.8) is 0 Å². The van der Waals surface area contributed by atoms with E-state index in [4.69, 9.17) is 17.3 Å². The predicted octanol–water partition coefficient (Wildman–Crippen LogP) is 3.21. The number of aryl methyl sites for hydroxylation is 2. The van der Waals surface area contributed by atoms with Crippen molar-refractivity contribution < 1.29 is 4.39 Å². The van der Waals surface area contributed by atoms with Crippen LogP contribution in [-0.4, -0.2) is 9.97 Å². The van der Waals surface area contributed by atoms with Crippen LogP contribution in [0.25, 0.3) is 0 Å². The molecule has 1 heterocycles. The van der Waals surface area contributed by atoms with Crippen molar-refractivity contribution in [2.75, 3.05) is 11.1 Å². The number of nitrogens with two attached hydrogens (primary N) is 1. The highest BCUT2D eigenvalue weighted by Gasteiger charge is 2.10. The highest BCUT2D eigenvalue weighted by atomic mass is 35.5. The van der Waals surface area contributed by atoms with E-state index in [2.05, 4.69) is 15.3 Å². The molecule has 0 spiro atoms. The van der Waals surface area contributed by atoms with Crippen LogP contribution in [0.5, 0.6) is 0 Å². The third-order valence-corrected chi connectivity index (χ3v) is 2.65. The number of halogens is 2. The molecule has 0 radical (unpaired) electrons. The fraction of sp³-hybridized carbons (Fsp3) is 0.167. The molecule has 0 saturated carbocycles. The monoisotopic (exact) mass is 266 g/mol. The molecule has 0 atom stereocenters. The smallest absolute Gasteiger partial charge is 0.224 e. The highest BCUT2D eigenvalue weighted by molar-refractivity contribution is 6.28. The molecule has 6 heteroatoms. The van der Waals surface area contributed by atoms with Crippen molar-refractivity contribution in [1.82, 2.24) is 9.97 Å². The summed E-state index contributed by atoms with van der Waals surface area (Å²) >= 11 is 5.75. The molecule has 0 bridgehead atoms. The van der Waals surface area contributed by atoms with Gasteiger partial charge in [0, 0.05) is 0 Å². The van der Waals surface area contributed by atoms with Gasteiger partial charge in [-0.15, -0.1) is 0 Å². The number of benzene rings is 1. The Bertz CT molecular complexity index is 601. The second-order valence-electron chi connectivity index (χ2n) is 3.95. The molecular formula is C12H12ClFN4. The summed E-state index contributed by atoms with van der Waals surface area (Å²) in [6.07, 6.45) is 0. The Balaban J connectivity index is 2.43. The van der Waals surface area contributed by atoms with Crippen molar-refractivity contribution in [3.05, 3.63) is 40.6 Å². The molecule has 1 aromatic carbocycles. The maximum atomic E-state index is 13.6. The molecule has 2 aromatic rings. The Morgan fingerprint density at radius 2 is 2.00 bits per heavy atom. The van der Waals surface area contributed by atoms with Gasteiger partial charge in [-0.2, -0.15) is 4.98 Å². The SMILES string of the molecule is Cc1ccc(F)c(Nc2nc(Cl)nc(C)c2N)c1. The van der Waals surface area contributed by atoms with E-state index < -0.39 is 0 Å². The van der Waals surface area contributed by atoms with Gasteiger partial charge >= 0.3 is 0 Å². The van der Waals surface area contributed by atoms with Gasteiger partial charge in [-0.1, -0.05) is 6.07 Å². The number of nitrogens with one attached hydrogen (secondary N) is 1. The fourth-order valence-electron chi connectivity index (χ4n) is 1.51. The lowest BCUT2D eigenvalue weighted by Crippen LogP contribution is -2.05. The molecule has 0 aliphatic heterocycles. The van der Waals surface area contributed by atoms with Crippen LogP contribution in [0.2, 0.25) is 5.28 Å². The first kappa shape index (κ1) is 12.6. The molecule has 0 aliphatic rings. The molecular weight excluding hydrogens is 255 g/mol. The Morgan fingerprint density at radius 3 is 2.72 bits per heavy atom. The van der Waals surface area contributed by atoms with Crippen molar-refractivity contribution in [1.29, 1.82) is 0 Å². The van der Waals surface area contributed by atoms with E-state index in [0.29, 0.717) is 22.9 Å². The summed E-state index contributed by atoms with van der Waals surface area (Å²) < 4.78 is 13.6. The van der Waals surface area contributed by atoms with Gasteiger partial charge in [-0.3, -0.25) is 0 Å². The zero-order valence-corrected chi connectivity index (χ0v) is 10.7. The summed E-state index contributed by atoms with van der Waals surface area (Å²) in [4.78, 5) is 7.86. The van der Waals surface area contributed by atoms with Crippen LogP contribution in [0.3, 0.4) is 0 Å². The van der Waals surface area contributed by atoms with E-state index >= 15 is 0 Å². The molecule has 0 saturated heterocycles. The largest absolute Gasteiger partial charge is 0.394 e. The van der Waals surface area contributed by atoms with Crippen LogP contribution >= 0.6 is 11.6 Å². The molecule has 18 heavy (non-hydrogen) atoms. The van der Waals surface area contributed by atoms with Crippen molar-refractivity contribution in [3.8, 4) is 0 Å². The van der Waals surface area contributed by atoms with Gasteiger partial charge in [0.1, 0.15) is 5.82 Å². The lowest BCUT2D eigenvalue weighted by Gasteiger charge is -2.11. The maximum Gasteiger partial charge on any atom is 0.224 e. The van der Waals surface area contributed by atoms with Gasteiger partial charge < -0.3 is 11.1 Å². The van der Waals surface area contributed by atoms with Gasteiger partial charge in [-0.25, -0.2) is 9.37 Å². The predicted molar refractivity (Wildman–Crippen MR) is 70.6 cm³/mol. The number of hydrogen-bond donors (Lipinski definition) is 2. The van der Waals surface area contributed by atoms with Gasteiger partial charge in [0.2, 0.25) is 5.28 Å². The van der Waals surface area contributed by atoms with Crippen molar-refractivity contribution >= 4 is 28.8 Å². The third kappa shape index (κ3) is 2.51. The van der Waals surface area contributed by atoms with E-state index in [9.17, 15) is 4.39 Å². The van der Waals surface area contributed by atoms with Gasteiger partial charge in [-0.05, 0) is 43.1 Å². The number of nitrogens with zero attached hydrogens (tertiary/aromatic N) is 2. The normalized spacial score (nSPS) is 10.4. The first-order valence-corrected chi connectivity index (χ1v) is 5.68. The van der Waals surface area contributed by atoms with Crippen molar-refractivity contribution in [2.45, 2.75) is 13.8 Å². The number of anilines is 3. The summed E-state index contributed by atoms with van der Waals surface area (Å²) in [5.74, 6) is -0.0793. The molecule has 1 aromatic heterocycles. The average molecular weight is 267 g/mol. The second kappa shape index (κ2) is 4.78. The van der Waals surface area contributed by atoms with E-state index in [0.717, 1.165) is 5.56 Å². The van der Waals surface area contributed by atoms with Gasteiger partial charge in [0.25, 0.3) is 0 Å². The highest BCUT2D eigenvalue weighted by Crippen LogP contribution is 2.26. The lowest BCUT2D eigenvalue weighted by molar-refractivity contribution is 0.631. The molecule has 4 nitrogen and oxygen atoms in total. The minimum absolute atomic E-state index is 0.0669. The van der Waals surface area contributed by atoms with E-state index in [1.807, 2.05) is 6.92 Å². The molecule has 94 valence electrons. The maximum absolute atomic E-state index is 13.6. The van der Waals surface area contributed by atoms with Gasteiger partial charge in [0.15, 0.2) is 5.82 Å². The Labute approximate surface area is 109 Å². The van der Waals surface area contributed by atoms with Crippen LogP contribution in [-0.2, 0) is 0 Å². The molecule has 0 aliphatic carbocycles. The first-order valence-electron chi connectivity index (χ1n) is 5.30. The summed E-state index contributed by atoms with van der Waals surface area (Å²) in [5.41, 5.74) is 7.94. The van der Waals surface area contributed by atoms with E-state index in [1.54, 1.807) is 19.1 Å². The fourth-order valence-corrected chi connectivity index (χ4v) is 1.72. The van der Waals surface area contributed by atoms with E-state index in [1.165, 1.54) is 6.07 Å². The van der Waals surface area contributed by atoms with E-state index in [-0.39, 0.29) is 11.1 Å². The number of hydrogen-bond acceptors (Lipinski definition) is 4. The number of nitrogen functional groups attached to an aromatic ring is 1. The molecule has 3 N–H and O–H groups in total. The molecule has 2 rings (SSSR count). The molecule has 0 unspecified atom stereocenters. The zero-order chi connectivity index (χ0) is 13.3. The summed E-state index contributed by atoms with van der Waals surface area (Å²) in [5, 5.41) is 2.89. The van der Waals surface area contributed by atoms with Crippen LogP contribution in [0, 0.1) is 19.7 Å². The number of aromatic nitrogens is 2. The van der Waals surface area contributed by atoms with Crippen LogP contribution in [0.15, 0.2) is 18.2 Å². The topological polar surface area (TPSA) is 63.8 Å². The Kier molecular flexibility index (Phi) is 3.34. The quantitative estimate of drug-likeness (QED) is 0.819. The number of rotatable bonds is 2. The minimum Gasteiger partial charge on any atom is -0.394 e. The average Bonchev–Trinajstić information content (AvgIpc) is 2.30. The minimum atomic E-state index is -0.382. The third-order valence-electron chi connectivity index (χ3n) is 2.48. The molecule has 0 fully saturated rings. The first-order chi connectivity index (χ1) is 8.47. The Morgan fingerprint density at radius 1 is 1.28 bits per heavy atom. The van der Waals surface area contributed by atoms with Crippen LogP contribution < -0.4 is 11.1 Å². The zero-order valence-electron chi connectivity index (χ0n) is 9.96. The van der Waals surface area contributed by atoms with Crippen molar-refractivity contribution in [2.24, 2.45) is 0 Å². The van der Waals surface area contributed by atoms with Gasteiger partial charge in [0.05, 0.1) is 17.1 Å². The summed E-state index contributed by atoms with van der Waals surface area (Å²) in [6, 6.07) is 4.73. The summed E-state index contributed by atoms with van der Waals surface area (Å²) in [6.45, 7) is 3.58. The standard InChI is InChI=1S/C12H12ClFN4/c1-6-3-4-8(14)9(5-6)17-11-10(15)7(2)16-12(13)18-11/h3-5H,15H2,1-2H3,(H,16,17,18). The Hall–Kier alpha value is -1.88. The molecule has 0 amide bonds.